The van der Waals surface area contributed by atoms with Crippen LogP contribution in [0.2, 0.25) is 0 Å². The number of amides is 3. The van der Waals surface area contributed by atoms with E-state index in [4.69, 9.17) is 15.9 Å². The standard InChI is InChI=1S/C28H35F2N5O4/c1-27(2,32)25(37)34-22(12-14-39-19-9-10-20(29)21(30)15-19)24(36)35-13-11-23(31)28(17-35,26(38)33-3)16-18-7-5-4-6-8-18/h4-10,15,22,31H,11-14,16-17,32H2,1-3H3,(H,33,38)(H,34,37)/t22-,28-/m1/s1. The summed E-state index contributed by atoms with van der Waals surface area (Å²) in [4.78, 5) is 41.1. The topological polar surface area (TPSA) is 138 Å². The van der Waals surface area contributed by atoms with Crippen molar-refractivity contribution in [1.29, 1.82) is 5.41 Å². The normalized spacial score (nSPS) is 18.3. The molecule has 0 unspecified atom stereocenters. The van der Waals surface area contributed by atoms with Crippen LogP contribution in [0.3, 0.4) is 0 Å². The van der Waals surface area contributed by atoms with E-state index in [0.717, 1.165) is 17.7 Å². The molecule has 3 rings (SSSR count). The molecule has 9 nitrogen and oxygen atoms in total. The summed E-state index contributed by atoms with van der Waals surface area (Å²) in [5.74, 6) is -3.43. The van der Waals surface area contributed by atoms with Crippen LogP contribution in [-0.4, -0.2) is 66.7 Å². The third kappa shape index (κ3) is 7.17. The van der Waals surface area contributed by atoms with E-state index in [1.165, 1.54) is 31.9 Å². The van der Waals surface area contributed by atoms with E-state index in [2.05, 4.69) is 10.6 Å². The highest BCUT2D eigenvalue weighted by Gasteiger charge is 2.48. The molecule has 5 N–H and O–H groups in total. The largest absolute Gasteiger partial charge is 0.493 e. The first-order chi connectivity index (χ1) is 18.4. The van der Waals surface area contributed by atoms with Crippen LogP contribution in [0.5, 0.6) is 5.75 Å². The Kier molecular flexibility index (Phi) is 9.39. The van der Waals surface area contributed by atoms with Crippen molar-refractivity contribution in [2.75, 3.05) is 26.7 Å². The van der Waals surface area contributed by atoms with Crippen LogP contribution in [0.15, 0.2) is 48.5 Å². The SMILES string of the molecule is CNC(=O)[C@]1(Cc2ccccc2)CN(C(=O)[C@@H](CCOc2ccc(F)c(F)c2)NC(=O)C(C)(C)N)CCC1=N. The molecular formula is C28H35F2N5O4. The lowest BCUT2D eigenvalue weighted by Gasteiger charge is -2.43. The summed E-state index contributed by atoms with van der Waals surface area (Å²) >= 11 is 0. The Morgan fingerprint density at radius 2 is 1.85 bits per heavy atom. The molecule has 0 aliphatic carbocycles. The van der Waals surface area contributed by atoms with E-state index in [0.29, 0.717) is 0 Å². The van der Waals surface area contributed by atoms with Crippen molar-refractivity contribution < 1.29 is 27.9 Å². The number of carbonyl (C=O) groups is 3. The van der Waals surface area contributed by atoms with Crippen LogP contribution in [-0.2, 0) is 20.8 Å². The Morgan fingerprint density at radius 3 is 2.46 bits per heavy atom. The van der Waals surface area contributed by atoms with Crippen LogP contribution in [0.1, 0.15) is 32.3 Å². The molecule has 1 heterocycles. The molecule has 0 radical (unpaired) electrons. The second kappa shape index (κ2) is 12.3. The van der Waals surface area contributed by atoms with Gasteiger partial charge in [-0.25, -0.2) is 8.78 Å². The highest BCUT2D eigenvalue weighted by molar-refractivity contribution is 6.09. The molecule has 210 valence electrons. The first-order valence-corrected chi connectivity index (χ1v) is 12.7. The quantitative estimate of drug-likeness (QED) is 0.364. The van der Waals surface area contributed by atoms with E-state index in [-0.39, 0.29) is 56.3 Å². The molecule has 2 aromatic carbocycles. The van der Waals surface area contributed by atoms with Crippen LogP contribution in [0.4, 0.5) is 8.78 Å². The molecule has 0 aromatic heterocycles. The van der Waals surface area contributed by atoms with Gasteiger partial charge in [-0.15, -0.1) is 0 Å². The summed E-state index contributed by atoms with van der Waals surface area (Å²) in [6, 6.07) is 11.3. The third-order valence-electron chi connectivity index (χ3n) is 6.75. The molecule has 1 fully saturated rings. The minimum atomic E-state index is -1.28. The average Bonchev–Trinajstić information content (AvgIpc) is 2.90. The average molecular weight is 544 g/mol. The van der Waals surface area contributed by atoms with E-state index in [9.17, 15) is 23.2 Å². The summed E-state index contributed by atoms with van der Waals surface area (Å²) in [7, 11) is 1.49. The Labute approximate surface area is 226 Å². The van der Waals surface area contributed by atoms with Gasteiger partial charge in [0, 0.05) is 44.8 Å². The second-order valence-corrected chi connectivity index (χ2v) is 10.3. The van der Waals surface area contributed by atoms with Crippen LogP contribution < -0.4 is 21.1 Å². The van der Waals surface area contributed by atoms with E-state index in [1.54, 1.807) is 0 Å². The highest BCUT2D eigenvalue weighted by Crippen LogP contribution is 2.32. The zero-order chi connectivity index (χ0) is 28.8. The number of hydrogen-bond donors (Lipinski definition) is 4. The van der Waals surface area contributed by atoms with Crippen LogP contribution in [0.25, 0.3) is 0 Å². The summed E-state index contributed by atoms with van der Waals surface area (Å²) in [6.45, 7) is 3.04. The fourth-order valence-corrected chi connectivity index (χ4v) is 4.49. The van der Waals surface area contributed by atoms with Crippen molar-refractivity contribution in [1.82, 2.24) is 15.5 Å². The number of ether oxygens (including phenoxy) is 1. The van der Waals surface area contributed by atoms with Crippen molar-refractivity contribution in [3.05, 3.63) is 65.7 Å². The number of hydrogen-bond acceptors (Lipinski definition) is 6. The number of rotatable bonds is 10. The number of piperidine rings is 1. The number of nitrogens with one attached hydrogen (secondary N) is 3. The van der Waals surface area contributed by atoms with Crippen molar-refractivity contribution in [3.8, 4) is 5.75 Å². The van der Waals surface area contributed by atoms with Crippen molar-refractivity contribution in [3.63, 3.8) is 0 Å². The van der Waals surface area contributed by atoms with Crippen molar-refractivity contribution >= 4 is 23.4 Å². The first kappa shape index (κ1) is 29.7. The van der Waals surface area contributed by atoms with Gasteiger partial charge in [-0.1, -0.05) is 30.3 Å². The van der Waals surface area contributed by atoms with Gasteiger partial charge < -0.3 is 31.4 Å². The number of halogens is 2. The van der Waals surface area contributed by atoms with E-state index in [1.807, 2.05) is 30.3 Å². The highest BCUT2D eigenvalue weighted by atomic mass is 19.2. The lowest BCUT2D eigenvalue weighted by molar-refractivity contribution is -0.141. The molecule has 1 aliphatic heterocycles. The van der Waals surface area contributed by atoms with Crippen LogP contribution >= 0.6 is 0 Å². The fourth-order valence-electron chi connectivity index (χ4n) is 4.49. The lowest BCUT2D eigenvalue weighted by Crippen LogP contribution is -2.62. The summed E-state index contributed by atoms with van der Waals surface area (Å²) in [5, 5.41) is 14.0. The Balaban J connectivity index is 1.83. The predicted octanol–water partition coefficient (Wildman–Crippen LogP) is 2.18. The maximum atomic E-state index is 13.8. The van der Waals surface area contributed by atoms with Gasteiger partial charge in [-0.2, -0.15) is 0 Å². The number of nitrogens with zero attached hydrogens (tertiary/aromatic N) is 1. The molecule has 2 aromatic rings. The first-order valence-electron chi connectivity index (χ1n) is 12.7. The smallest absolute Gasteiger partial charge is 0.245 e. The number of likely N-dealkylation sites (tertiary alicyclic amines) is 1. The van der Waals surface area contributed by atoms with Crippen LogP contribution in [0, 0.1) is 22.5 Å². The molecule has 0 bridgehead atoms. The molecule has 2 atom stereocenters. The summed E-state index contributed by atoms with van der Waals surface area (Å²) in [5.41, 5.74) is 4.44. The van der Waals surface area contributed by atoms with Crippen molar-refractivity contribution in [2.45, 2.75) is 44.7 Å². The van der Waals surface area contributed by atoms with Gasteiger partial charge in [-0.3, -0.25) is 14.4 Å². The fraction of sp³-hybridized carbons (Fsp3) is 0.429. The molecule has 0 spiro atoms. The maximum Gasteiger partial charge on any atom is 0.245 e. The van der Waals surface area contributed by atoms with E-state index >= 15 is 0 Å². The van der Waals surface area contributed by atoms with Gasteiger partial charge in [0.15, 0.2) is 11.6 Å². The van der Waals surface area contributed by atoms with Gasteiger partial charge in [0.25, 0.3) is 0 Å². The monoisotopic (exact) mass is 543 g/mol. The number of carbonyl (C=O) groups excluding carboxylic acids is 3. The molecule has 3 amide bonds. The van der Waals surface area contributed by atoms with E-state index < -0.39 is 40.4 Å². The number of benzene rings is 2. The predicted molar refractivity (Wildman–Crippen MR) is 142 cm³/mol. The zero-order valence-electron chi connectivity index (χ0n) is 22.4. The van der Waals surface area contributed by atoms with Crippen molar-refractivity contribution in [2.24, 2.45) is 11.1 Å². The minimum Gasteiger partial charge on any atom is -0.493 e. The minimum absolute atomic E-state index is 0.000739. The third-order valence-corrected chi connectivity index (χ3v) is 6.75. The van der Waals surface area contributed by atoms with Gasteiger partial charge in [0.2, 0.25) is 17.7 Å². The molecular weight excluding hydrogens is 508 g/mol. The zero-order valence-corrected chi connectivity index (χ0v) is 22.4. The number of nitrogens with two attached hydrogens (primary N) is 1. The second-order valence-electron chi connectivity index (χ2n) is 10.3. The molecule has 0 saturated carbocycles. The Bertz CT molecular complexity index is 1210. The molecule has 1 saturated heterocycles. The molecule has 1 aliphatic rings. The molecule has 11 heteroatoms. The van der Waals surface area contributed by atoms with Gasteiger partial charge >= 0.3 is 0 Å². The summed E-state index contributed by atoms with van der Waals surface area (Å²) in [6.07, 6.45) is 0.405. The lowest BCUT2D eigenvalue weighted by atomic mass is 9.72. The van der Waals surface area contributed by atoms with Gasteiger partial charge in [-0.05, 0) is 38.0 Å². The Hall–Kier alpha value is -3.86. The maximum absolute atomic E-state index is 13.8. The van der Waals surface area contributed by atoms with Gasteiger partial charge in [0.1, 0.15) is 17.2 Å². The Morgan fingerprint density at radius 1 is 1.15 bits per heavy atom. The molecule has 39 heavy (non-hydrogen) atoms. The summed E-state index contributed by atoms with van der Waals surface area (Å²) < 4.78 is 32.3. The van der Waals surface area contributed by atoms with Gasteiger partial charge in [0.05, 0.1) is 12.1 Å².